The molecule has 0 radical (unpaired) electrons. The Morgan fingerprint density at radius 2 is 1.82 bits per heavy atom. The zero-order valence-electron chi connectivity index (χ0n) is 16.9. The third-order valence-corrected chi connectivity index (χ3v) is 5.20. The molecule has 0 saturated carbocycles. The van der Waals surface area contributed by atoms with E-state index in [0.29, 0.717) is 25.9 Å². The van der Waals surface area contributed by atoms with Gasteiger partial charge in [0, 0.05) is 24.0 Å². The molecule has 0 aliphatic carbocycles. The number of hydrogen-bond acceptors (Lipinski definition) is 2. The molecule has 150 valence electrons. The Labute approximate surface area is 176 Å². The number of amides is 2. The van der Waals surface area contributed by atoms with Crippen LogP contribution in [0.3, 0.4) is 0 Å². The first-order chi connectivity index (χ1) is 13.4. The van der Waals surface area contributed by atoms with Crippen molar-refractivity contribution in [1.82, 2.24) is 10.2 Å². The molecule has 4 nitrogen and oxygen atoms in total. The Balaban J connectivity index is 2.12. The molecule has 0 saturated heterocycles. The van der Waals surface area contributed by atoms with Crippen molar-refractivity contribution in [2.24, 2.45) is 0 Å². The molecule has 0 aliphatic heterocycles. The van der Waals surface area contributed by atoms with E-state index in [2.05, 4.69) is 45.5 Å². The zero-order valence-corrected chi connectivity index (χ0v) is 18.5. The minimum absolute atomic E-state index is 0.0142. The van der Waals surface area contributed by atoms with E-state index in [1.807, 2.05) is 38.1 Å². The van der Waals surface area contributed by atoms with Crippen LogP contribution >= 0.6 is 15.9 Å². The van der Waals surface area contributed by atoms with Gasteiger partial charge in [0.1, 0.15) is 6.04 Å². The van der Waals surface area contributed by atoms with Gasteiger partial charge in [-0.1, -0.05) is 64.8 Å². The van der Waals surface area contributed by atoms with Gasteiger partial charge in [0.15, 0.2) is 0 Å². The van der Waals surface area contributed by atoms with E-state index in [4.69, 9.17) is 0 Å². The summed E-state index contributed by atoms with van der Waals surface area (Å²) < 4.78 is 0.958. The number of carbonyl (C=O) groups excluding carboxylic acids is 2. The molecule has 2 rings (SSSR count). The summed E-state index contributed by atoms with van der Waals surface area (Å²) in [7, 11) is 0. The largest absolute Gasteiger partial charge is 0.354 e. The normalized spacial score (nSPS) is 11.7. The lowest BCUT2D eigenvalue weighted by atomic mass is 10.1. The minimum Gasteiger partial charge on any atom is -0.354 e. The molecule has 0 fully saturated rings. The molecule has 2 amide bonds. The van der Waals surface area contributed by atoms with Crippen LogP contribution in [-0.2, 0) is 22.6 Å². The van der Waals surface area contributed by atoms with Gasteiger partial charge in [0.2, 0.25) is 11.8 Å². The highest BCUT2D eigenvalue weighted by Gasteiger charge is 2.25. The summed E-state index contributed by atoms with van der Waals surface area (Å²) >= 11 is 3.47. The number of hydrogen-bond donors (Lipinski definition) is 1. The topological polar surface area (TPSA) is 49.4 Å². The number of carbonyl (C=O) groups is 2. The average Bonchev–Trinajstić information content (AvgIpc) is 2.69. The second-order valence-electron chi connectivity index (χ2n) is 7.10. The summed E-state index contributed by atoms with van der Waals surface area (Å²) in [4.78, 5) is 27.2. The van der Waals surface area contributed by atoms with Crippen LogP contribution in [0.2, 0.25) is 0 Å². The van der Waals surface area contributed by atoms with Crippen LogP contribution in [0, 0.1) is 6.92 Å². The molecule has 0 heterocycles. The van der Waals surface area contributed by atoms with E-state index in [0.717, 1.165) is 22.0 Å². The summed E-state index contributed by atoms with van der Waals surface area (Å²) in [5.74, 6) is -0.125. The summed E-state index contributed by atoms with van der Waals surface area (Å²) in [6, 6.07) is 15.5. The molecule has 1 atom stereocenters. The van der Waals surface area contributed by atoms with Crippen LogP contribution in [0.5, 0.6) is 0 Å². The lowest BCUT2D eigenvalue weighted by Gasteiger charge is -2.29. The lowest BCUT2D eigenvalue weighted by molar-refractivity contribution is -0.140. The van der Waals surface area contributed by atoms with Crippen molar-refractivity contribution < 1.29 is 9.59 Å². The average molecular weight is 445 g/mol. The third-order valence-electron chi connectivity index (χ3n) is 4.71. The molecule has 2 aromatic carbocycles. The fraction of sp³-hybridized carbons (Fsp3) is 0.391. The summed E-state index contributed by atoms with van der Waals surface area (Å²) in [5, 5.41) is 2.90. The van der Waals surface area contributed by atoms with Gasteiger partial charge in [-0.25, -0.2) is 0 Å². The number of aryl methyl sites for hydroxylation is 2. The van der Waals surface area contributed by atoms with Crippen molar-refractivity contribution in [2.75, 3.05) is 6.54 Å². The van der Waals surface area contributed by atoms with Gasteiger partial charge < -0.3 is 10.2 Å². The standard InChI is InChI=1S/C23H29BrN2O2/c1-4-14-25-23(28)18(3)26(16-20-6-5-7-21(24)15-20)22(27)13-12-19-10-8-17(2)9-11-19/h5-11,15,18H,4,12-14,16H2,1-3H3,(H,25,28)/t18-/m1/s1. The molecule has 5 heteroatoms. The quantitative estimate of drug-likeness (QED) is 0.612. The van der Waals surface area contributed by atoms with Crippen LogP contribution in [0.1, 0.15) is 43.4 Å². The Bertz CT molecular complexity index is 789. The second-order valence-corrected chi connectivity index (χ2v) is 8.02. The van der Waals surface area contributed by atoms with Crippen molar-refractivity contribution >= 4 is 27.7 Å². The smallest absolute Gasteiger partial charge is 0.242 e. The van der Waals surface area contributed by atoms with Gasteiger partial charge in [-0.15, -0.1) is 0 Å². The molecular weight excluding hydrogens is 416 g/mol. The minimum atomic E-state index is -0.518. The Morgan fingerprint density at radius 1 is 1.11 bits per heavy atom. The molecule has 0 spiro atoms. The Kier molecular flexibility index (Phi) is 8.71. The number of halogens is 1. The molecule has 0 aromatic heterocycles. The molecular formula is C23H29BrN2O2. The molecule has 1 N–H and O–H groups in total. The van der Waals surface area contributed by atoms with Gasteiger partial charge in [-0.2, -0.15) is 0 Å². The van der Waals surface area contributed by atoms with Gasteiger partial charge in [0.05, 0.1) is 0 Å². The molecule has 0 aliphatic rings. The number of rotatable bonds is 9. The van der Waals surface area contributed by atoms with E-state index in [9.17, 15) is 9.59 Å². The highest BCUT2D eigenvalue weighted by atomic mass is 79.9. The summed E-state index contributed by atoms with van der Waals surface area (Å²) in [6.45, 7) is 6.88. The number of benzene rings is 2. The van der Waals surface area contributed by atoms with Crippen molar-refractivity contribution in [2.45, 2.75) is 52.6 Å². The molecule has 0 bridgehead atoms. The van der Waals surface area contributed by atoms with Crippen molar-refractivity contribution in [1.29, 1.82) is 0 Å². The molecule has 28 heavy (non-hydrogen) atoms. The second kappa shape index (κ2) is 11.0. The van der Waals surface area contributed by atoms with Gasteiger partial charge in [0.25, 0.3) is 0 Å². The molecule has 2 aromatic rings. The first kappa shape index (κ1) is 22.2. The molecule has 0 unspecified atom stereocenters. The van der Waals surface area contributed by atoms with Crippen LogP contribution in [-0.4, -0.2) is 29.3 Å². The first-order valence-electron chi connectivity index (χ1n) is 9.78. The van der Waals surface area contributed by atoms with E-state index < -0.39 is 6.04 Å². The van der Waals surface area contributed by atoms with Crippen LogP contribution in [0.15, 0.2) is 53.0 Å². The van der Waals surface area contributed by atoms with E-state index in [1.54, 1.807) is 11.8 Å². The fourth-order valence-corrected chi connectivity index (χ4v) is 3.41. The maximum absolute atomic E-state index is 13.0. The van der Waals surface area contributed by atoms with Crippen molar-refractivity contribution in [3.8, 4) is 0 Å². The predicted molar refractivity (Wildman–Crippen MR) is 117 cm³/mol. The van der Waals surface area contributed by atoms with Crippen LogP contribution < -0.4 is 5.32 Å². The van der Waals surface area contributed by atoms with Gasteiger partial charge in [-0.05, 0) is 49.9 Å². The fourth-order valence-electron chi connectivity index (χ4n) is 2.96. The summed E-state index contributed by atoms with van der Waals surface area (Å²) in [5.41, 5.74) is 3.32. The van der Waals surface area contributed by atoms with Crippen molar-refractivity contribution in [3.05, 3.63) is 69.7 Å². The zero-order chi connectivity index (χ0) is 20.5. The highest BCUT2D eigenvalue weighted by Crippen LogP contribution is 2.17. The predicted octanol–water partition coefficient (Wildman–Crippen LogP) is 4.63. The summed E-state index contributed by atoms with van der Waals surface area (Å²) in [6.07, 6.45) is 1.91. The third kappa shape index (κ3) is 6.79. The SMILES string of the molecule is CCCNC(=O)[C@@H](C)N(Cc1cccc(Br)c1)C(=O)CCc1ccc(C)cc1. The van der Waals surface area contributed by atoms with Gasteiger partial charge in [-0.3, -0.25) is 9.59 Å². The van der Waals surface area contributed by atoms with Gasteiger partial charge >= 0.3 is 0 Å². The van der Waals surface area contributed by atoms with Crippen LogP contribution in [0.4, 0.5) is 0 Å². The maximum Gasteiger partial charge on any atom is 0.242 e. The van der Waals surface area contributed by atoms with E-state index >= 15 is 0 Å². The first-order valence-corrected chi connectivity index (χ1v) is 10.6. The number of nitrogens with one attached hydrogen (secondary N) is 1. The maximum atomic E-state index is 13.0. The highest BCUT2D eigenvalue weighted by molar-refractivity contribution is 9.10. The monoisotopic (exact) mass is 444 g/mol. The van der Waals surface area contributed by atoms with E-state index in [1.165, 1.54) is 5.56 Å². The lowest BCUT2D eigenvalue weighted by Crippen LogP contribution is -2.47. The van der Waals surface area contributed by atoms with E-state index in [-0.39, 0.29) is 11.8 Å². The Hall–Kier alpha value is -2.14. The van der Waals surface area contributed by atoms with Crippen LogP contribution in [0.25, 0.3) is 0 Å². The number of nitrogens with zero attached hydrogens (tertiary/aromatic N) is 1. The Morgan fingerprint density at radius 3 is 2.46 bits per heavy atom. The van der Waals surface area contributed by atoms with Crippen molar-refractivity contribution in [3.63, 3.8) is 0 Å².